The summed E-state index contributed by atoms with van der Waals surface area (Å²) in [5, 5.41) is 9.69. The average molecular weight is 344 g/mol. The van der Waals surface area contributed by atoms with Crippen LogP contribution in [0.2, 0.25) is 0 Å². The molecule has 1 atom stereocenters. The predicted molar refractivity (Wildman–Crippen MR) is 96.0 cm³/mol. The maximum atomic E-state index is 11.8. The third-order valence-corrected chi connectivity index (χ3v) is 4.09. The number of hydrogen-bond acceptors (Lipinski definition) is 4. The van der Waals surface area contributed by atoms with Gasteiger partial charge in [0.2, 0.25) is 0 Å². The molecule has 0 aliphatic rings. The maximum absolute atomic E-state index is 11.8. The molecule has 5 nitrogen and oxygen atoms in total. The lowest BCUT2D eigenvalue weighted by Crippen LogP contribution is -2.15. The second-order valence-corrected chi connectivity index (χ2v) is 5.74. The van der Waals surface area contributed by atoms with Gasteiger partial charge in [0.1, 0.15) is 5.75 Å². The Morgan fingerprint density at radius 3 is 2.28 bits per heavy atom. The lowest BCUT2D eigenvalue weighted by molar-refractivity contribution is -0.138. The Morgan fingerprint density at radius 1 is 1.04 bits per heavy atom. The van der Waals surface area contributed by atoms with Crippen LogP contribution >= 0.6 is 0 Å². The van der Waals surface area contributed by atoms with E-state index in [2.05, 4.69) is 0 Å². The van der Waals surface area contributed by atoms with E-state index in [1.54, 1.807) is 32.4 Å². The van der Waals surface area contributed by atoms with Crippen molar-refractivity contribution in [2.45, 2.75) is 26.2 Å². The summed E-state index contributed by atoms with van der Waals surface area (Å²) in [4.78, 5) is 11.8. The van der Waals surface area contributed by atoms with Crippen LogP contribution in [0, 0.1) is 6.92 Å². The summed E-state index contributed by atoms with van der Waals surface area (Å²) in [6.45, 7) is 4.31. The lowest BCUT2D eigenvalue weighted by atomic mass is 9.91. The van der Waals surface area contributed by atoms with E-state index in [0.717, 1.165) is 22.4 Å². The topological polar surface area (TPSA) is 65.0 Å². The van der Waals surface area contributed by atoms with Gasteiger partial charge in [-0.25, -0.2) is 0 Å². The molecule has 0 radical (unpaired) electrons. The van der Waals surface area contributed by atoms with E-state index in [1.807, 2.05) is 32.0 Å². The molecule has 2 aromatic carbocycles. The molecule has 0 aromatic heterocycles. The van der Waals surface area contributed by atoms with Crippen LogP contribution in [0.5, 0.6) is 17.2 Å². The molecule has 0 heterocycles. The van der Waals surface area contributed by atoms with Gasteiger partial charge >= 0.3 is 5.97 Å². The van der Waals surface area contributed by atoms with Gasteiger partial charge in [-0.15, -0.1) is 0 Å². The van der Waals surface area contributed by atoms with Crippen molar-refractivity contribution in [2.24, 2.45) is 0 Å². The minimum atomic E-state index is -0.863. The smallest absolute Gasteiger partial charge is 0.311 e. The summed E-state index contributed by atoms with van der Waals surface area (Å²) < 4.78 is 16.1. The molecule has 0 saturated carbocycles. The molecule has 0 spiro atoms. The number of ether oxygens (including phenoxy) is 3. The Balaban J connectivity index is 2.32. The minimum Gasteiger partial charge on any atom is -0.496 e. The number of aryl methyl sites for hydroxylation is 1. The Morgan fingerprint density at radius 2 is 1.72 bits per heavy atom. The number of carboxylic acid groups (broad SMARTS) is 1. The first-order valence-corrected chi connectivity index (χ1v) is 8.17. The van der Waals surface area contributed by atoms with Gasteiger partial charge < -0.3 is 19.3 Å². The molecule has 134 valence electrons. The molecule has 0 saturated heterocycles. The number of carboxylic acids is 1. The average Bonchev–Trinajstić information content (AvgIpc) is 2.60. The van der Waals surface area contributed by atoms with Crippen molar-refractivity contribution >= 4 is 5.97 Å². The molecule has 1 N–H and O–H groups in total. The Kier molecular flexibility index (Phi) is 6.28. The highest BCUT2D eigenvalue weighted by atomic mass is 16.5. The van der Waals surface area contributed by atoms with E-state index in [-0.39, 0.29) is 0 Å². The number of rotatable bonds is 8. The molecular weight excluding hydrogens is 320 g/mol. The fraction of sp³-hybridized carbons (Fsp3) is 0.350. The Labute approximate surface area is 148 Å². The highest BCUT2D eigenvalue weighted by Crippen LogP contribution is 2.31. The SMILES string of the molecule is CCOc1cc(CC(C(=O)O)c2ccc(OC)c(C)c2)ccc1OC. The van der Waals surface area contributed by atoms with Crippen molar-refractivity contribution in [3.63, 3.8) is 0 Å². The van der Waals surface area contributed by atoms with E-state index >= 15 is 0 Å². The van der Waals surface area contributed by atoms with Crippen molar-refractivity contribution in [2.75, 3.05) is 20.8 Å². The number of carbonyl (C=O) groups is 1. The summed E-state index contributed by atoms with van der Waals surface area (Å²) in [5.74, 6) is 0.497. The monoisotopic (exact) mass is 344 g/mol. The van der Waals surface area contributed by atoms with Crippen LogP contribution in [-0.4, -0.2) is 31.9 Å². The molecule has 0 aliphatic carbocycles. The fourth-order valence-corrected chi connectivity index (χ4v) is 2.82. The largest absolute Gasteiger partial charge is 0.496 e. The molecule has 0 aliphatic heterocycles. The van der Waals surface area contributed by atoms with Crippen LogP contribution in [0.3, 0.4) is 0 Å². The molecule has 2 rings (SSSR count). The third kappa shape index (κ3) is 4.44. The minimum absolute atomic E-state index is 0.366. The standard InChI is InChI=1S/C20H24O5/c1-5-25-19-12-14(6-8-18(19)24-4)11-16(20(21)22)15-7-9-17(23-3)13(2)10-15/h6-10,12,16H,5,11H2,1-4H3,(H,21,22). The summed E-state index contributed by atoms with van der Waals surface area (Å²) in [5.41, 5.74) is 2.54. The van der Waals surface area contributed by atoms with Gasteiger partial charge in [0.15, 0.2) is 11.5 Å². The fourth-order valence-electron chi connectivity index (χ4n) is 2.82. The van der Waals surface area contributed by atoms with E-state index in [1.165, 1.54) is 0 Å². The zero-order chi connectivity index (χ0) is 18.4. The number of benzene rings is 2. The number of hydrogen-bond donors (Lipinski definition) is 1. The van der Waals surface area contributed by atoms with Crippen molar-refractivity contribution < 1.29 is 24.1 Å². The van der Waals surface area contributed by atoms with Crippen molar-refractivity contribution in [1.29, 1.82) is 0 Å². The Bertz CT molecular complexity index is 739. The van der Waals surface area contributed by atoms with Gasteiger partial charge in [-0.1, -0.05) is 18.2 Å². The summed E-state index contributed by atoms with van der Waals surface area (Å²) in [6.07, 6.45) is 0.366. The van der Waals surface area contributed by atoms with Gasteiger partial charge in [0.25, 0.3) is 0 Å². The van der Waals surface area contributed by atoms with Crippen molar-refractivity contribution in [3.05, 3.63) is 53.1 Å². The molecule has 0 bridgehead atoms. The van der Waals surface area contributed by atoms with E-state index in [0.29, 0.717) is 24.5 Å². The molecular formula is C20H24O5. The van der Waals surface area contributed by atoms with Gasteiger partial charge in [0.05, 0.1) is 26.7 Å². The second-order valence-electron chi connectivity index (χ2n) is 5.74. The van der Waals surface area contributed by atoms with Crippen LogP contribution in [0.4, 0.5) is 0 Å². The summed E-state index contributed by atoms with van der Waals surface area (Å²) in [6, 6.07) is 11.0. The van der Waals surface area contributed by atoms with Crippen LogP contribution < -0.4 is 14.2 Å². The third-order valence-electron chi connectivity index (χ3n) is 4.09. The summed E-state index contributed by atoms with van der Waals surface area (Å²) in [7, 11) is 3.18. The normalized spacial score (nSPS) is 11.7. The van der Waals surface area contributed by atoms with Crippen molar-refractivity contribution in [1.82, 2.24) is 0 Å². The Hall–Kier alpha value is -2.69. The first-order chi connectivity index (χ1) is 12.0. The lowest BCUT2D eigenvalue weighted by Gasteiger charge is -2.16. The highest BCUT2D eigenvalue weighted by Gasteiger charge is 2.22. The zero-order valence-electron chi connectivity index (χ0n) is 15.0. The molecule has 2 aromatic rings. The molecule has 5 heteroatoms. The van der Waals surface area contributed by atoms with E-state index in [4.69, 9.17) is 14.2 Å². The highest BCUT2D eigenvalue weighted by molar-refractivity contribution is 5.76. The van der Waals surface area contributed by atoms with Crippen LogP contribution in [-0.2, 0) is 11.2 Å². The number of aliphatic carboxylic acids is 1. The molecule has 0 fully saturated rings. The molecule has 0 amide bonds. The van der Waals surface area contributed by atoms with Gasteiger partial charge in [0, 0.05) is 0 Å². The maximum Gasteiger partial charge on any atom is 0.311 e. The second kappa shape index (κ2) is 8.42. The van der Waals surface area contributed by atoms with Crippen molar-refractivity contribution in [3.8, 4) is 17.2 Å². The van der Waals surface area contributed by atoms with Gasteiger partial charge in [-0.2, -0.15) is 0 Å². The zero-order valence-corrected chi connectivity index (χ0v) is 15.0. The molecule has 1 unspecified atom stereocenters. The first kappa shape index (κ1) is 18.6. The van der Waals surface area contributed by atoms with E-state index < -0.39 is 11.9 Å². The van der Waals surface area contributed by atoms with Crippen LogP contribution in [0.15, 0.2) is 36.4 Å². The van der Waals surface area contributed by atoms with E-state index in [9.17, 15) is 9.90 Å². The van der Waals surface area contributed by atoms with Crippen LogP contribution in [0.1, 0.15) is 29.5 Å². The predicted octanol–water partition coefficient (Wildman–Crippen LogP) is 3.82. The first-order valence-electron chi connectivity index (χ1n) is 8.17. The molecule has 25 heavy (non-hydrogen) atoms. The van der Waals surface area contributed by atoms with Crippen LogP contribution in [0.25, 0.3) is 0 Å². The quantitative estimate of drug-likeness (QED) is 0.788. The number of methoxy groups -OCH3 is 2. The van der Waals surface area contributed by atoms with Gasteiger partial charge in [-0.3, -0.25) is 4.79 Å². The van der Waals surface area contributed by atoms with Gasteiger partial charge in [-0.05, 0) is 55.2 Å². The summed E-state index contributed by atoms with van der Waals surface area (Å²) >= 11 is 0.